The number of sulfonamides is 1. The number of benzene rings is 2. The fraction of sp³-hybridized carbons (Fsp3) is 0.0667. The fourth-order valence-electron chi connectivity index (χ4n) is 2.04. The third kappa shape index (κ3) is 3.02. The van der Waals surface area contributed by atoms with Gasteiger partial charge in [-0.15, -0.1) is 0 Å². The average Bonchev–Trinajstić information content (AvgIpc) is 3.01. The lowest BCUT2D eigenvalue weighted by Crippen LogP contribution is -2.13. The van der Waals surface area contributed by atoms with Gasteiger partial charge in [-0.3, -0.25) is 4.72 Å². The van der Waals surface area contributed by atoms with Crippen LogP contribution in [0.5, 0.6) is 0 Å². The molecule has 3 aromatic rings. The van der Waals surface area contributed by atoms with E-state index in [0.29, 0.717) is 11.1 Å². The molecule has 8 heteroatoms. The van der Waals surface area contributed by atoms with Crippen LogP contribution in [0.25, 0.3) is 11.1 Å². The Labute approximate surface area is 131 Å². The molecule has 1 heterocycles. The topological polar surface area (TPSA) is 98.5 Å². The van der Waals surface area contributed by atoms with Crippen LogP contribution in [0.1, 0.15) is 10.4 Å². The molecule has 3 rings (SSSR count). The predicted molar refractivity (Wildman–Crippen MR) is 82.6 cm³/mol. The number of aromatic nitrogens is 1. The third-order valence-corrected chi connectivity index (χ3v) is 4.53. The molecule has 118 valence electrons. The summed E-state index contributed by atoms with van der Waals surface area (Å²) in [6.45, 7) is 0. The average molecular weight is 332 g/mol. The van der Waals surface area contributed by atoms with Crippen LogP contribution in [0.3, 0.4) is 0 Å². The zero-order valence-electron chi connectivity index (χ0n) is 12.0. The van der Waals surface area contributed by atoms with E-state index in [4.69, 9.17) is 4.42 Å². The van der Waals surface area contributed by atoms with E-state index < -0.39 is 16.0 Å². The van der Waals surface area contributed by atoms with Crippen molar-refractivity contribution >= 4 is 32.8 Å². The van der Waals surface area contributed by atoms with Gasteiger partial charge in [0.1, 0.15) is 5.52 Å². The Morgan fingerprint density at radius 1 is 1.22 bits per heavy atom. The van der Waals surface area contributed by atoms with E-state index in [9.17, 15) is 13.2 Å². The second-order valence-corrected chi connectivity index (χ2v) is 6.34. The first-order chi connectivity index (χ1) is 11.0. The molecule has 0 bridgehead atoms. The lowest BCUT2D eigenvalue weighted by atomic mass is 10.2. The Morgan fingerprint density at radius 2 is 2.04 bits per heavy atom. The van der Waals surface area contributed by atoms with E-state index in [1.165, 1.54) is 43.8 Å². The lowest BCUT2D eigenvalue weighted by Gasteiger charge is -2.09. The van der Waals surface area contributed by atoms with Crippen molar-refractivity contribution in [3.8, 4) is 0 Å². The van der Waals surface area contributed by atoms with Gasteiger partial charge in [0.05, 0.1) is 17.6 Å². The fourth-order valence-corrected chi connectivity index (χ4v) is 3.11. The Kier molecular flexibility index (Phi) is 3.75. The summed E-state index contributed by atoms with van der Waals surface area (Å²) in [7, 11) is -2.57. The van der Waals surface area contributed by atoms with Crippen molar-refractivity contribution in [2.75, 3.05) is 11.8 Å². The molecule has 0 aliphatic carbocycles. The molecule has 2 aromatic carbocycles. The number of esters is 1. The van der Waals surface area contributed by atoms with Crippen molar-refractivity contribution in [3.05, 3.63) is 54.4 Å². The largest absolute Gasteiger partial charge is 0.465 e. The summed E-state index contributed by atoms with van der Waals surface area (Å²) in [4.78, 5) is 15.5. The lowest BCUT2D eigenvalue weighted by molar-refractivity contribution is 0.0601. The highest BCUT2D eigenvalue weighted by molar-refractivity contribution is 7.92. The number of rotatable bonds is 4. The summed E-state index contributed by atoms with van der Waals surface area (Å²) in [5, 5.41) is 0. The van der Waals surface area contributed by atoms with Crippen LogP contribution >= 0.6 is 0 Å². The smallest absolute Gasteiger partial charge is 0.337 e. The summed E-state index contributed by atoms with van der Waals surface area (Å²) < 4.78 is 37.0. The van der Waals surface area contributed by atoms with Crippen molar-refractivity contribution in [2.45, 2.75) is 4.90 Å². The third-order valence-electron chi connectivity index (χ3n) is 3.15. The molecule has 0 spiro atoms. The number of methoxy groups -OCH3 is 1. The highest BCUT2D eigenvalue weighted by atomic mass is 32.2. The number of carbonyl (C=O) groups excluding carboxylic acids is 1. The normalized spacial score (nSPS) is 11.3. The van der Waals surface area contributed by atoms with Crippen molar-refractivity contribution in [3.63, 3.8) is 0 Å². The monoisotopic (exact) mass is 332 g/mol. The number of anilines is 1. The van der Waals surface area contributed by atoms with Gasteiger partial charge in [-0.05, 0) is 30.3 Å². The zero-order valence-corrected chi connectivity index (χ0v) is 12.8. The van der Waals surface area contributed by atoms with Gasteiger partial charge in [-0.1, -0.05) is 6.07 Å². The minimum atomic E-state index is -3.82. The van der Waals surface area contributed by atoms with Gasteiger partial charge in [-0.25, -0.2) is 18.2 Å². The van der Waals surface area contributed by atoms with Crippen LogP contribution in [0.4, 0.5) is 5.69 Å². The Balaban J connectivity index is 1.93. The minimum absolute atomic E-state index is 0.0326. The van der Waals surface area contributed by atoms with Crippen LogP contribution < -0.4 is 4.72 Å². The van der Waals surface area contributed by atoms with E-state index in [-0.39, 0.29) is 16.1 Å². The molecule has 23 heavy (non-hydrogen) atoms. The molecular formula is C15H12N2O5S. The number of nitrogens with one attached hydrogen (secondary N) is 1. The van der Waals surface area contributed by atoms with Gasteiger partial charge in [0.15, 0.2) is 12.0 Å². The molecule has 1 aromatic heterocycles. The van der Waals surface area contributed by atoms with Crippen LogP contribution in [0.15, 0.2) is 58.2 Å². The van der Waals surface area contributed by atoms with Gasteiger partial charge in [0.2, 0.25) is 0 Å². The molecule has 1 N–H and O–H groups in total. The number of oxazole rings is 1. The number of hydrogen-bond acceptors (Lipinski definition) is 6. The van der Waals surface area contributed by atoms with Crippen molar-refractivity contribution < 1.29 is 22.4 Å². The Bertz CT molecular complexity index is 978. The summed E-state index contributed by atoms with van der Waals surface area (Å²) in [5.74, 6) is -0.547. The molecule has 0 radical (unpaired) electrons. The van der Waals surface area contributed by atoms with Gasteiger partial charge in [0, 0.05) is 11.8 Å². The van der Waals surface area contributed by atoms with Crippen molar-refractivity contribution in [2.24, 2.45) is 0 Å². The van der Waals surface area contributed by atoms with Crippen molar-refractivity contribution in [1.29, 1.82) is 0 Å². The first kappa shape index (κ1) is 15.0. The number of carbonyl (C=O) groups is 1. The standard InChI is InChI=1S/C15H12N2O5S/c1-21-15(18)10-3-2-4-11(7-10)17-23(19,20)12-5-6-13-14(8-12)22-9-16-13/h2-9,17H,1H3. The van der Waals surface area contributed by atoms with Gasteiger partial charge >= 0.3 is 5.97 Å². The molecule has 0 saturated heterocycles. The highest BCUT2D eigenvalue weighted by Crippen LogP contribution is 2.21. The SMILES string of the molecule is COC(=O)c1cccc(NS(=O)(=O)c2ccc3ncoc3c2)c1. The summed E-state index contributed by atoms with van der Waals surface area (Å²) in [5.41, 5.74) is 1.44. The predicted octanol–water partition coefficient (Wildman–Crippen LogP) is 2.42. The maximum absolute atomic E-state index is 12.4. The molecule has 0 aliphatic heterocycles. The maximum atomic E-state index is 12.4. The minimum Gasteiger partial charge on any atom is -0.465 e. The van der Waals surface area contributed by atoms with Crippen LogP contribution in [-0.4, -0.2) is 26.5 Å². The number of nitrogens with zero attached hydrogens (tertiary/aromatic N) is 1. The molecule has 7 nitrogen and oxygen atoms in total. The molecule has 0 saturated carbocycles. The van der Waals surface area contributed by atoms with E-state index in [1.807, 2.05) is 0 Å². The zero-order chi connectivity index (χ0) is 16.4. The van der Waals surface area contributed by atoms with Crippen LogP contribution in [0, 0.1) is 0 Å². The second-order valence-electron chi connectivity index (χ2n) is 4.66. The van der Waals surface area contributed by atoms with Crippen LogP contribution in [-0.2, 0) is 14.8 Å². The van der Waals surface area contributed by atoms with Gasteiger partial charge in [0.25, 0.3) is 10.0 Å². The first-order valence-electron chi connectivity index (χ1n) is 6.54. The van der Waals surface area contributed by atoms with Gasteiger partial charge < -0.3 is 9.15 Å². The first-order valence-corrected chi connectivity index (χ1v) is 8.02. The quantitative estimate of drug-likeness (QED) is 0.737. The van der Waals surface area contributed by atoms with E-state index in [2.05, 4.69) is 14.4 Å². The highest BCUT2D eigenvalue weighted by Gasteiger charge is 2.16. The number of hydrogen-bond donors (Lipinski definition) is 1. The van der Waals surface area contributed by atoms with E-state index >= 15 is 0 Å². The summed E-state index contributed by atoms with van der Waals surface area (Å²) in [6, 6.07) is 10.4. The number of fused-ring (bicyclic) bond motifs is 1. The van der Waals surface area contributed by atoms with E-state index in [1.54, 1.807) is 12.1 Å². The molecule has 0 unspecified atom stereocenters. The van der Waals surface area contributed by atoms with Crippen LogP contribution in [0.2, 0.25) is 0 Å². The molecular weight excluding hydrogens is 320 g/mol. The Morgan fingerprint density at radius 3 is 2.83 bits per heavy atom. The maximum Gasteiger partial charge on any atom is 0.337 e. The molecule has 0 aliphatic rings. The summed E-state index contributed by atoms with van der Waals surface area (Å²) in [6.07, 6.45) is 1.24. The molecule has 0 atom stereocenters. The number of ether oxygens (including phenoxy) is 1. The summed E-state index contributed by atoms with van der Waals surface area (Å²) >= 11 is 0. The molecule has 0 amide bonds. The van der Waals surface area contributed by atoms with Gasteiger partial charge in [-0.2, -0.15) is 0 Å². The molecule has 0 fully saturated rings. The second kappa shape index (κ2) is 5.73. The Hall–Kier alpha value is -2.87. The van der Waals surface area contributed by atoms with E-state index in [0.717, 1.165) is 0 Å². The van der Waals surface area contributed by atoms with Crippen molar-refractivity contribution in [1.82, 2.24) is 4.98 Å².